The molecule has 9 nitrogen and oxygen atoms in total. The minimum absolute atomic E-state index is 0.0512. The average Bonchev–Trinajstić information content (AvgIpc) is 2.82. The third kappa shape index (κ3) is 4.51. The molecule has 0 aliphatic carbocycles. The van der Waals surface area contributed by atoms with Crippen molar-refractivity contribution < 1.29 is 28.4 Å². The molecule has 1 N–H and O–H groups in total. The molecule has 3 aromatic rings. The number of nitro benzene ring substituents is 1. The van der Waals surface area contributed by atoms with Crippen molar-refractivity contribution in [3.05, 3.63) is 105 Å². The number of ether oxygens (including phenoxy) is 1. The molecule has 0 spiro atoms. The van der Waals surface area contributed by atoms with Gasteiger partial charge in [0, 0.05) is 17.7 Å². The molecule has 4 amide bonds. The second-order valence-corrected chi connectivity index (χ2v) is 7.16. The largest absolute Gasteiger partial charge is 0.488 e. The first kappa shape index (κ1) is 22.3. The van der Waals surface area contributed by atoms with E-state index in [4.69, 9.17) is 4.74 Å². The highest BCUT2D eigenvalue weighted by Gasteiger charge is 2.38. The smallest absolute Gasteiger partial charge is 0.336 e. The van der Waals surface area contributed by atoms with Crippen LogP contribution in [-0.2, 0) is 16.2 Å². The third-order valence-corrected chi connectivity index (χ3v) is 4.96. The number of rotatable bonds is 6. The maximum absolute atomic E-state index is 14.2. The summed E-state index contributed by atoms with van der Waals surface area (Å²) in [6.07, 6.45) is 1.25. The van der Waals surface area contributed by atoms with Gasteiger partial charge in [-0.3, -0.25) is 25.0 Å². The van der Waals surface area contributed by atoms with E-state index in [0.29, 0.717) is 21.8 Å². The van der Waals surface area contributed by atoms with Crippen LogP contribution in [0.25, 0.3) is 6.08 Å². The number of hydrogen-bond donors (Lipinski definition) is 1. The van der Waals surface area contributed by atoms with E-state index in [9.17, 15) is 28.9 Å². The number of halogens is 1. The zero-order chi connectivity index (χ0) is 24.2. The Hall–Kier alpha value is -4.86. The van der Waals surface area contributed by atoms with Crippen molar-refractivity contribution in [1.29, 1.82) is 0 Å². The minimum atomic E-state index is -1.06. The molecular formula is C24H16FN3O6. The summed E-state index contributed by atoms with van der Waals surface area (Å²) in [6, 6.07) is 16.5. The van der Waals surface area contributed by atoms with Crippen LogP contribution in [0.3, 0.4) is 0 Å². The van der Waals surface area contributed by atoms with Gasteiger partial charge < -0.3 is 4.74 Å². The number of non-ortho nitro benzene ring substituents is 1. The summed E-state index contributed by atoms with van der Waals surface area (Å²) in [4.78, 5) is 48.5. The molecule has 34 heavy (non-hydrogen) atoms. The molecule has 4 rings (SSSR count). The maximum atomic E-state index is 14.2. The van der Waals surface area contributed by atoms with E-state index in [1.807, 2.05) is 5.32 Å². The second-order valence-electron chi connectivity index (χ2n) is 7.16. The van der Waals surface area contributed by atoms with Crippen LogP contribution in [0.2, 0.25) is 0 Å². The number of hydrogen-bond acceptors (Lipinski definition) is 6. The number of carbonyl (C=O) groups is 3. The van der Waals surface area contributed by atoms with E-state index in [0.717, 1.165) is 6.07 Å². The first-order chi connectivity index (χ1) is 16.3. The van der Waals surface area contributed by atoms with E-state index in [2.05, 4.69) is 0 Å². The summed E-state index contributed by atoms with van der Waals surface area (Å²) in [5.74, 6) is -2.38. The Bertz CT molecular complexity index is 1340. The van der Waals surface area contributed by atoms with Crippen LogP contribution >= 0.6 is 0 Å². The highest BCUT2D eigenvalue weighted by Crippen LogP contribution is 2.27. The van der Waals surface area contributed by atoms with E-state index in [-0.39, 0.29) is 23.6 Å². The molecule has 0 saturated carbocycles. The molecule has 0 atom stereocenters. The quantitative estimate of drug-likeness (QED) is 0.257. The lowest BCUT2D eigenvalue weighted by atomic mass is 10.1. The number of nitro groups is 1. The monoisotopic (exact) mass is 461 g/mol. The van der Waals surface area contributed by atoms with Crippen LogP contribution in [-0.4, -0.2) is 22.8 Å². The molecule has 1 fully saturated rings. The van der Waals surface area contributed by atoms with Gasteiger partial charge in [0.05, 0.1) is 10.6 Å². The fourth-order valence-corrected chi connectivity index (χ4v) is 3.27. The molecule has 170 valence electrons. The highest BCUT2D eigenvalue weighted by molar-refractivity contribution is 6.39. The Morgan fingerprint density at radius 3 is 2.35 bits per heavy atom. The van der Waals surface area contributed by atoms with Gasteiger partial charge in [-0.05, 0) is 42.0 Å². The Labute approximate surface area is 192 Å². The lowest BCUT2D eigenvalue weighted by molar-refractivity contribution is -0.384. The SMILES string of the molecule is O=C1NC(=O)N(c2ccccc2F)C(=O)C1=Cc1ccccc1OCc1ccc([N+](=O)[O-])cc1. The summed E-state index contributed by atoms with van der Waals surface area (Å²) in [5.41, 5.74) is 0.312. The molecule has 1 saturated heterocycles. The molecule has 10 heteroatoms. The van der Waals surface area contributed by atoms with E-state index in [1.54, 1.807) is 36.4 Å². The standard InChI is InChI=1S/C24H16FN3O6/c25-19-6-2-3-7-20(19)27-23(30)18(22(29)26-24(27)31)13-16-5-1-4-8-21(16)34-14-15-9-11-17(12-10-15)28(32)33/h1-13H,14H2,(H,26,29,31). The fourth-order valence-electron chi connectivity index (χ4n) is 3.27. The van der Waals surface area contributed by atoms with Crippen LogP contribution in [0.15, 0.2) is 78.4 Å². The van der Waals surface area contributed by atoms with Gasteiger partial charge in [-0.2, -0.15) is 0 Å². The topological polar surface area (TPSA) is 119 Å². The number of imide groups is 2. The number of nitrogens with zero attached hydrogens (tertiary/aromatic N) is 2. The van der Waals surface area contributed by atoms with Gasteiger partial charge in [0.2, 0.25) is 0 Å². The molecule has 0 radical (unpaired) electrons. The van der Waals surface area contributed by atoms with Crippen LogP contribution in [0.1, 0.15) is 11.1 Å². The third-order valence-electron chi connectivity index (χ3n) is 4.96. The molecule has 1 heterocycles. The van der Waals surface area contributed by atoms with Crippen molar-refractivity contribution in [1.82, 2.24) is 5.32 Å². The number of benzene rings is 3. The summed E-state index contributed by atoms with van der Waals surface area (Å²) in [5, 5.41) is 12.8. The molecule has 0 unspecified atom stereocenters. The van der Waals surface area contributed by atoms with Crippen molar-refractivity contribution >= 4 is 35.3 Å². The second kappa shape index (κ2) is 9.33. The van der Waals surface area contributed by atoms with E-state index >= 15 is 0 Å². The zero-order valence-electron chi connectivity index (χ0n) is 17.4. The van der Waals surface area contributed by atoms with Gasteiger partial charge in [-0.25, -0.2) is 14.1 Å². The highest BCUT2D eigenvalue weighted by atomic mass is 19.1. The van der Waals surface area contributed by atoms with Crippen LogP contribution in [0, 0.1) is 15.9 Å². The van der Waals surface area contributed by atoms with E-state index < -0.39 is 28.6 Å². The summed E-state index contributed by atoms with van der Waals surface area (Å²) < 4.78 is 20.0. The van der Waals surface area contributed by atoms with Gasteiger partial charge in [0.25, 0.3) is 17.5 Å². The lowest BCUT2D eigenvalue weighted by Crippen LogP contribution is -2.54. The summed E-state index contributed by atoms with van der Waals surface area (Å²) in [6.45, 7) is 0.0676. The molecule has 1 aliphatic rings. The Balaban J connectivity index is 1.61. The molecule has 3 aromatic carbocycles. The summed E-state index contributed by atoms with van der Waals surface area (Å²) >= 11 is 0. The maximum Gasteiger partial charge on any atom is 0.336 e. The van der Waals surface area contributed by atoms with Crippen molar-refractivity contribution in [3.8, 4) is 5.75 Å². The van der Waals surface area contributed by atoms with Gasteiger partial charge >= 0.3 is 6.03 Å². The lowest BCUT2D eigenvalue weighted by Gasteiger charge is -2.26. The zero-order valence-corrected chi connectivity index (χ0v) is 17.4. The number of nitrogens with one attached hydrogen (secondary N) is 1. The first-order valence-corrected chi connectivity index (χ1v) is 9.96. The normalized spacial score (nSPS) is 14.8. The number of para-hydroxylation sites is 2. The Morgan fingerprint density at radius 1 is 0.971 bits per heavy atom. The molecule has 0 bridgehead atoms. The Kier molecular flexibility index (Phi) is 6.13. The average molecular weight is 461 g/mol. The first-order valence-electron chi connectivity index (χ1n) is 9.96. The van der Waals surface area contributed by atoms with Crippen molar-refractivity contribution in [2.24, 2.45) is 0 Å². The van der Waals surface area contributed by atoms with Crippen molar-refractivity contribution in [2.75, 3.05) is 4.90 Å². The van der Waals surface area contributed by atoms with Gasteiger partial charge in [-0.15, -0.1) is 0 Å². The van der Waals surface area contributed by atoms with Crippen LogP contribution < -0.4 is 15.0 Å². The van der Waals surface area contributed by atoms with Crippen LogP contribution in [0.5, 0.6) is 5.75 Å². The fraction of sp³-hybridized carbons (Fsp3) is 0.0417. The predicted octanol–water partition coefficient (Wildman–Crippen LogP) is 3.98. The number of amides is 4. The molecular weight excluding hydrogens is 445 g/mol. The van der Waals surface area contributed by atoms with E-state index in [1.165, 1.54) is 36.4 Å². The number of carbonyl (C=O) groups excluding carboxylic acids is 3. The van der Waals surface area contributed by atoms with Crippen molar-refractivity contribution in [3.63, 3.8) is 0 Å². The number of anilines is 1. The number of urea groups is 1. The Morgan fingerprint density at radius 2 is 1.65 bits per heavy atom. The summed E-state index contributed by atoms with van der Waals surface area (Å²) in [7, 11) is 0. The van der Waals surface area contributed by atoms with Gasteiger partial charge in [0.15, 0.2) is 0 Å². The minimum Gasteiger partial charge on any atom is -0.488 e. The predicted molar refractivity (Wildman–Crippen MR) is 119 cm³/mol. The van der Waals surface area contributed by atoms with Crippen LogP contribution in [0.4, 0.5) is 20.6 Å². The molecule has 0 aromatic heterocycles. The van der Waals surface area contributed by atoms with Gasteiger partial charge in [-0.1, -0.05) is 30.3 Å². The van der Waals surface area contributed by atoms with Crippen molar-refractivity contribution in [2.45, 2.75) is 6.61 Å². The van der Waals surface area contributed by atoms with Gasteiger partial charge in [0.1, 0.15) is 23.7 Å². The molecule has 1 aliphatic heterocycles. The number of barbiturate groups is 1.